The van der Waals surface area contributed by atoms with E-state index in [4.69, 9.17) is 0 Å². The van der Waals surface area contributed by atoms with Gasteiger partial charge in [-0.15, -0.1) is 0 Å². The number of aryl methyl sites for hydroxylation is 2. The van der Waals surface area contributed by atoms with Crippen LogP contribution in [0.4, 0.5) is 0 Å². The molecular formula is C24H23NO3. The van der Waals surface area contributed by atoms with Gasteiger partial charge in [0.05, 0.1) is 5.56 Å². The third-order valence-electron chi connectivity index (χ3n) is 5.55. The Hall–Kier alpha value is -3.14. The Morgan fingerprint density at radius 2 is 1.79 bits per heavy atom. The van der Waals surface area contributed by atoms with Gasteiger partial charge in [0.2, 0.25) is 0 Å². The summed E-state index contributed by atoms with van der Waals surface area (Å²) in [5.74, 6) is -0.949. The molecule has 142 valence electrons. The van der Waals surface area contributed by atoms with Crippen molar-refractivity contribution in [1.29, 1.82) is 0 Å². The Balaban J connectivity index is 2.17. The number of H-pyrrole nitrogens is 1. The van der Waals surface area contributed by atoms with Crippen molar-refractivity contribution >= 4 is 22.4 Å². The molecule has 4 nitrogen and oxygen atoms in total. The number of carboxylic acids is 1. The molecule has 4 heteroatoms. The van der Waals surface area contributed by atoms with Crippen LogP contribution in [0.2, 0.25) is 0 Å². The summed E-state index contributed by atoms with van der Waals surface area (Å²) in [6.45, 7) is 2.03. The fourth-order valence-corrected chi connectivity index (χ4v) is 4.22. The summed E-state index contributed by atoms with van der Waals surface area (Å²) < 4.78 is 0. The van der Waals surface area contributed by atoms with Gasteiger partial charge in [-0.05, 0) is 49.3 Å². The zero-order chi connectivity index (χ0) is 19.7. The first-order chi connectivity index (χ1) is 13.6. The number of aromatic amines is 1. The Bertz CT molecular complexity index is 1140. The van der Waals surface area contributed by atoms with Crippen LogP contribution in [0.25, 0.3) is 16.5 Å². The highest BCUT2D eigenvalue weighted by Crippen LogP contribution is 2.33. The largest absolute Gasteiger partial charge is 0.478 e. The van der Waals surface area contributed by atoms with E-state index in [0.717, 1.165) is 48.0 Å². The maximum Gasteiger partial charge on any atom is 0.332 e. The molecule has 0 atom stereocenters. The lowest BCUT2D eigenvalue weighted by Crippen LogP contribution is -2.20. The molecule has 2 aromatic carbocycles. The number of aromatic nitrogens is 1. The molecule has 0 saturated carbocycles. The minimum absolute atomic E-state index is 0.0688. The second-order valence-electron chi connectivity index (χ2n) is 7.23. The molecule has 2 N–H and O–H groups in total. The van der Waals surface area contributed by atoms with Gasteiger partial charge in [0.1, 0.15) is 0 Å². The highest BCUT2D eigenvalue weighted by Gasteiger charge is 2.25. The Morgan fingerprint density at radius 1 is 1.04 bits per heavy atom. The highest BCUT2D eigenvalue weighted by atomic mass is 16.4. The lowest BCUT2D eigenvalue weighted by Gasteiger charge is -2.21. The number of carboxylic acid groups (broad SMARTS) is 1. The van der Waals surface area contributed by atoms with Crippen LogP contribution in [0, 0.1) is 0 Å². The first kappa shape index (κ1) is 18.2. The molecule has 4 rings (SSSR count). The Labute approximate surface area is 163 Å². The van der Waals surface area contributed by atoms with E-state index in [1.54, 1.807) is 0 Å². The number of hydrogen-bond donors (Lipinski definition) is 2. The standard InChI is InChI=1S/C24H23NO3/c1-2-15-11-8-14-18-21(15)23(26)22-19(25-18)13-7-6-12-17(24(27)28)20(22)16-9-4-3-5-10-16/h3-5,8-11,14H,2,6-7,12-13H2,1H3,(H,25,26)(H,27,28). The molecule has 1 aliphatic carbocycles. The van der Waals surface area contributed by atoms with Gasteiger partial charge in [0, 0.05) is 27.7 Å². The third-order valence-corrected chi connectivity index (χ3v) is 5.55. The zero-order valence-electron chi connectivity index (χ0n) is 15.9. The lowest BCUT2D eigenvalue weighted by molar-refractivity contribution is -0.132. The molecule has 1 heterocycles. The topological polar surface area (TPSA) is 70.2 Å². The summed E-state index contributed by atoms with van der Waals surface area (Å²) in [5.41, 5.74) is 4.77. The summed E-state index contributed by atoms with van der Waals surface area (Å²) in [5, 5.41) is 10.6. The van der Waals surface area contributed by atoms with Crippen molar-refractivity contribution in [1.82, 2.24) is 4.98 Å². The minimum atomic E-state index is -0.949. The first-order valence-electron chi connectivity index (χ1n) is 9.80. The van der Waals surface area contributed by atoms with Gasteiger partial charge >= 0.3 is 5.97 Å². The van der Waals surface area contributed by atoms with Crippen molar-refractivity contribution in [3.05, 3.63) is 86.7 Å². The van der Waals surface area contributed by atoms with Crippen molar-refractivity contribution in [3.63, 3.8) is 0 Å². The zero-order valence-corrected chi connectivity index (χ0v) is 15.9. The molecular weight excluding hydrogens is 350 g/mol. The van der Waals surface area contributed by atoms with Crippen LogP contribution >= 0.6 is 0 Å². The van der Waals surface area contributed by atoms with E-state index in [0.29, 0.717) is 28.5 Å². The summed E-state index contributed by atoms with van der Waals surface area (Å²) in [6, 6.07) is 15.3. The van der Waals surface area contributed by atoms with Crippen LogP contribution in [0.3, 0.4) is 0 Å². The molecule has 0 amide bonds. The van der Waals surface area contributed by atoms with E-state index in [-0.39, 0.29) is 5.43 Å². The highest BCUT2D eigenvalue weighted by molar-refractivity contribution is 6.02. The molecule has 0 saturated heterocycles. The Kier molecular flexibility index (Phi) is 4.86. The molecule has 0 radical (unpaired) electrons. The molecule has 0 spiro atoms. The Morgan fingerprint density at radius 3 is 2.50 bits per heavy atom. The molecule has 0 unspecified atom stereocenters. The van der Waals surface area contributed by atoms with Gasteiger partial charge in [-0.1, -0.05) is 49.4 Å². The predicted octanol–water partition coefficient (Wildman–Crippen LogP) is 4.70. The smallest absolute Gasteiger partial charge is 0.332 e. The fraction of sp³-hybridized carbons (Fsp3) is 0.250. The molecule has 1 aromatic heterocycles. The van der Waals surface area contributed by atoms with Gasteiger partial charge < -0.3 is 10.1 Å². The minimum Gasteiger partial charge on any atom is -0.478 e. The van der Waals surface area contributed by atoms with E-state index in [1.807, 2.05) is 55.5 Å². The van der Waals surface area contributed by atoms with Crippen molar-refractivity contribution in [2.75, 3.05) is 0 Å². The van der Waals surface area contributed by atoms with Crippen molar-refractivity contribution in [3.8, 4) is 0 Å². The summed E-state index contributed by atoms with van der Waals surface area (Å²) in [4.78, 5) is 29.3. The van der Waals surface area contributed by atoms with Crippen molar-refractivity contribution in [2.45, 2.75) is 39.0 Å². The van der Waals surface area contributed by atoms with Crippen LogP contribution in [0.5, 0.6) is 0 Å². The molecule has 28 heavy (non-hydrogen) atoms. The van der Waals surface area contributed by atoms with Crippen LogP contribution in [-0.2, 0) is 17.6 Å². The monoisotopic (exact) mass is 373 g/mol. The third kappa shape index (κ3) is 3.05. The first-order valence-corrected chi connectivity index (χ1v) is 9.80. The molecule has 1 aliphatic rings. The molecule has 0 aliphatic heterocycles. The lowest BCUT2D eigenvalue weighted by atomic mass is 9.85. The number of pyridine rings is 1. The number of rotatable bonds is 3. The average Bonchev–Trinajstić information content (AvgIpc) is 2.69. The van der Waals surface area contributed by atoms with Crippen LogP contribution in [0.1, 0.15) is 48.6 Å². The van der Waals surface area contributed by atoms with E-state index >= 15 is 0 Å². The number of nitrogens with one attached hydrogen (secondary N) is 1. The molecule has 0 bridgehead atoms. The van der Waals surface area contributed by atoms with Crippen molar-refractivity contribution < 1.29 is 9.90 Å². The quantitative estimate of drug-likeness (QED) is 0.699. The number of fused-ring (bicyclic) bond motifs is 2. The van der Waals surface area contributed by atoms with Gasteiger partial charge in [-0.2, -0.15) is 0 Å². The molecule has 3 aromatic rings. The normalized spacial score (nSPS) is 14.5. The summed E-state index contributed by atoms with van der Waals surface area (Å²) in [6.07, 6.45) is 3.58. The number of benzene rings is 2. The van der Waals surface area contributed by atoms with Crippen LogP contribution in [-0.4, -0.2) is 16.1 Å². The maximum atomic E-state index is 13.7. The van der Waals surface area contributed by atoms with Gasteiger partial charge in [0.15, 0.2) is 5.43 Å². The van der Waals surface area contributed by atoms with E-state index in [1.165, 1.54) is 0 Å². The van der Waals surface area contributed by atoms with E-state index < -0.39 is 5.97 Å². The SMILES string of the molecule is CCc1cccc2[nH]c3c(c(=O)c12)C(c1ccccc1)=C(C(=O)O)CCCC3. The van der Waals surface area contributed by atoms with Crippen LogP contribution < -0.4 is 5.43 Å². The fourth-order valence-electron chi connectivity index (χ4n) is 4.22. The predicted molar refractivity (Wildman–Crippen MR) is 112 cm³/mol. The van der Waals surface area contributed by atoms with Gasteiger partial charge in [-0.25, -0.2) is 4.79 Å². The second kappa shape index (κ2) is 7.47. The van der Waals surface area contributed by atoms with Crippen LogP contribution in [0.15, 0.2) is 58.9 Å². The van der Waals surface area contributed by atoms with Gasteiger partial charge in [-0.3, -0.25) is 4.79 Å². The van der Waals surface area contributed by atoms with Gasteiger partial charge in [0.25, 0.3) is 0 Å². The summed E-state index contributed by atoms with van der Waals surface area (Å²) in [7, 11) is 0. The number of aliphatic carboxylic acids is 1. The maximum absolute atomic E-state index is 13.7. The molecule has 0 fully saturated rings. The number of hydrogen-bond acceptors (Lipinski definition) is 2. The number of carbonyl (C=O) groups is 1. The average molecular weight is 373 g/mol. The summed E-state index contributed by atoms with van der Waals surface area (Å²) >= 11 is 0. The van der Waals surface area contributed by atoms with Crippen molar-refractivity contribution in [2.24, 2.45) is 0 Å². The second-order valence-corrected chi connectivity index (χ2v) is 7.23. The van der Waals surface area contributed by atoms with E-state index in [9.17, 15) is 14.7 Å². The van der Waals surface area contributed by atoms with E-state index in [2.05, 4.69) is 4.98 Å².